The van der Waals surface area contributed by atoms with E-state index in [-0.39, 0.29) is 18.3 Å². The number of rotatable bonds is 5. The van der Waals surface area contributed by atoms with Gasteiger partial charge in [-0.3, -0.25) is 9.78 Å². The molecule has 0 aliphatic carbocycles. The van der Waals surface area contributed by atoms with Gasteiger partial charge >= 0.3 is 5.97 Å². The summed E-state index contributed by atoms with van der Waals surface area (Å²) in [6.45, 7) is 0. The highest BCUT2D eigenvalue weighted by Gasteiger charge is 2.31. The number of nitrogens with one attached hydrogen (secondary N) is 1. The Morgan fingerprint density at radius 3 is 2.75 bits per heavy atom. The van der Waals surface area contributed by atoms with Crippen LogP contribution >= 0.6 is 0 Å². The molecule has 0 bridgehead atoms. The van der Waals surface area contributed by atoms with Crippen molar-refractivity contribution in [1.29, 1.82) is 0 Å². The van der Waals surface area contributed by atoms with E-state index in [0.717, 1.165) is 16.8 Å². The molecule has 0 saturated heterocycles. The minimum atomic E-state index is -0.545. The minimum absolute atomic E-state index is 0.0801. The molecule has 2 heterocycles. The zero-order chi connectivity index (χ0) is 19.3. The molecule has 0 saturated carbocycles. The Balaban J connectivity index is 1.41. The lowest BCUT2D eigenvalue weighted by Crippen LogP contribution is -2.15. The topological polar surface area (TPSA) is 68.3 Å². The standard InChI is InChI=1S/C23H18N2O3/c26-22(15-21-19-9-1-2-10-20(19)23(27)28-21)25-18-8-5-6-16(14-18)11-12-17-7-3-4-13-24-17/h1-14,21H,15H2,(H,25,26)/b12-11+. The average molecular weight is 370 g/mol. The summed E-state index contributed by atoms with van der Waals surface area (Å²) in [5, 5.41) is 2.87. The Labute approximate surface area is 162 Å². The summed E-state index contributed by atoms with van der Waals surface area (Å²) in [7, 11) is 0. The summed E-state index contributed by atoms with van der Waals surface area (Å²) in [5.74, 6) is -0.588. The summed E-state index contributed by atoms with van der Waals surface area (Å²) >= 11 is 0. The van der Waals surface area contributed by atoms with Gasteiger partial charge in [0.25, 0.3) is 0 Å². The lowest BCUT2D eigenvalue weighted by molar-refractivity contribution is -0.118. The molecule has 1 N–H and O–H groups in total. The monoisotopic (exact) mass is 370 g/mol. The van der Waals surface area contributed by atoms with Crippen molar-refractivity contribution in [3.05, 3.63) is 95.3 Å². The molecule has 1 atom stereocenters. The molecule has 0 spiro atoms. The largest absolute Gasteiger partial charge is 0.453 e. The summed E-state index contributed by atoms with van der Waals surface area (Å²) in [4.78, 5) is 28.6. The van der Waals surface area contributed by atoms with Gasteiger partial charge in [0.15, 0.2) is 0 Å². The number of fused-ring (bicyclic) bond motifs is 1. The normalized spacial score (nSPS) is 15.3. The van der Waals surface area contributed by atoms with Crippen LogP contribution in [-0.4, -0.2) is 16.9 Å². The second-order valence-electron chi connectivity index (χ2n) is 6.45. The van der Waals surface area contributed by atoms with E-state index in [9.17, 15) is 9.59 Å². The number of hydrogen-bond donors (Lipinski definition) is 1. The van der Waals surface area contributed by atoms with Crippen LogP contribution in [0.5, 0.6) is 0 Å². The van der Waals surface area contributed by atoms with Crippen LogP contribution in [0.1, 0.15) is 39.7 Å². The van der Waals surface area contributed by atoms with E-state index in [1.165, 1.54) is 0 Å². The molecule has 1 amide bonds. The first-order valence-corrected chi connectivity index (χ1v) is 8.98. The van der Waals surface area contributed by atoms with Crippen LogP contribution in [0.15, 0.2) is 72.9 Å². The van der Waals surface area contributed by atoms with Crippen molar-refractivity contribution in [1.82, 2.24) is 4.98 Å². The van der Waals surface area contributed by atoms with E-state index in [2.05, 4.69) is 10.3 Å². The van der Waals surface area contributed by atoms with Gasteiger partial charge in [-0.05, 0) is 42.0 Å². The summed E-state index contributed by atoms with van der Waals surface area (Å²) in [6.07, 6.45) is 5.13. The first-order valence-electron chi connectivity index (χ1n) is 8.98. The SMILES string of the molecule is O=C(CC1OC(=O)c2ccccc21)Nc1cccc(/C=C/c2ccccn2)c1. The van der Waals surface area contributed by atoms with Gasteiger partial charge in [0.05, 0.1) is 17.7 Å². The van der Waals surface area contributed by atoms with Gasteiger partial charge in [-0.15, -0.1) is 0 Å². The van der Waals surface area contributed by atoms with Crippen LogP contribution in [0.2, 0.25) is 0 Å². The Bertz CT molecular complexity index is 1040. The van der Waals surface area contributed by atoms with E-state index < -0.39 is 6.10 Å². The lowest BCUT2D eigenvalue weighted by atomic mass is 10.0. The molecular formula is C23H18N2O3. The second-order valence-corrected chi connectivity index (χ2v) is 6.45. The number of benzene rings is 2. The van der Waals surface area contributed by atoms with Crippen LogP contribution in [0.4, 0.5) is 5.69 Å². The molecule has 0 fully saturated rings. The number of hydrogen-bond acceptors (Lipinski definition) is 4. The third-order valence-corrected chi connectivity index (χ3v) is 4.45. The number of nitrogens with zero attached hydrogens (tertiary/aromatic N) is 1. The molecular weight excluding hydrogens is 352 g/mol. The maximum Gasteiger partial charge on any atom is 0.339 e. The molecule has 28 heavy (non-hydrogen) atoms. The molecule has 1 aliphatic rings. The van der Waals surface area contributed by atoms with Gasteiger partial charge in [-0.2, -0.15) is 0 Å². The number of amides is 1. The Morgan fingerprint density at radius 1 is 1.04 bits per heavy atom. The minimum Gasteiger partial charge on any atom is -0.453 e. The number of cyclic esters (lactones) is 1. The van der Waals surface area contributed by atoms with E-state index in [1.54, 1.807) is 18.3 Å². The summed E-state index contributed by atoms with van der Waals surface area (Å²) in [5.41, 5.74) is 3.78. The molecule has 5 heteroatoms. The lowest BCUT2D eigenvalue weighted by Gasteiger charge is -2.11. The van der Waals surface area contributed by atoms with E-state index >= 15 is 0 Å². The van der Waals surface area contributed by atoms with Gasteiger partial charge in [-0.25, -0.2) is 4.79 Å². The van der Waals surface area contributed by atoms with Crippen molar-refractivity contribution >= 4 is 29.7 Å². The number of aromatic nitrogens is 1. The zero-order valence-corrected chi connectivity index (χ0v) is 15.0. The number of carbonyl (C=O) groups is 2. The number of carbonyl (C=O) groups excluding carboxylic acids is 2. The average Bonchev–Trinajstić information content (AvgIpc) is 3.03. The van der Waals surface area contributed by atoms with E-state index in [4.69, 9.17) is 4.74 Å². The Kier molecular flexibility index (Phi) is 4.97. The molecule has 5 nitrogen and oxygen atoms in total. The summed E-state index contributed by atoms with van der Waals surface area (Å²) < 4.78 is 5.33. The summed E-state index contributed by atoms with van der Waals surface area (Å²) in [6, 6.07) is 20.4. The van der Waals surface area contributed by atoms with Crippen molar-refractivity contribution in [2.75, 3.05) is 5.32 Å². The van der Waals surface area contributed by atoms with Crippen molar-refractivity contribution in [3.8, 4) is 0 Å². The molecule has 4 rings (SSSR count). The molecule has 138 valence electrons. The third kappa shape index (κ3) is 3.99. The molecule has 1 aliphatic heterocycles. The smallest absolute Gasteiger partial charge is 0.339 e. The van der Waals surface area contributed by atoms with Crippen molar-refractivity contribution in [2.24, 2.45) is 0 Å². The zero-order valence-electron chi connectivity index (χ0n) is 15.0. The maximum absolute atomic E-state index is 12.4. The first-order chi connectivity index (χ1) is 13.7. The highest BCUT2D eigenvalue weighted by Crippen LogP contribution is 2.33. The first kappa shape index (κ1) is 17.7. The fraction of sp³-hybridized carbons (Fsp3) is 0.0870. The molecule has 1 aromatic heterocycles. The van der Waals surface area contributed by atoms with Crippen LogP contribution in [0.3, 0.4) is 0 Å². The number of ether oxygens (including phenoxy) is 1. The molecule has 2 aromatic carbocycles. The molecule has 1 unspecified atom stereocenters. The van der Waals surface area contributed by atoms with Gasteiger partial charge < -0.3 is 10.1 Å². The predicted octanol–water partition coefficient (Wildman–Crippen LogP) is 4.49. The third-order valence-electron chi connectivity index (χ3n) is 4.45. The quantitative estimate of drug-likeness (QED) is 0.672. The van der Waals surface area contributed by atoms with Gasteiger partial charge in [-0.1, -0.05) is 42.5 Å². The van der Waals surface area contributed by atoms with Gasteiger partial charge in [0, 0.05) is 17.4 Å². The number of esters is 1. The maximum atomic E-state index is 12.4. The van der Waals surface area contributed by atoms with Crippen molar-refractivity contribution in [2.45, 2.75) is 12.5 Å². The van der Waals surface area contributed by atoms with Crippen LogP contribution in [0.25, 0.3) is 12.2 Å². The highest BCUT2D eigenvalue weighted by atomic mass is 16.5. The highest BCUT2D eigenvalue weighted by molar-refractivity contribution is 5.96. The van der Waals surface area contributed by atoms with Gasteiger partial charge in [0.1, 0.15) is 6.10 Å². The van der Waals surface area contributed by atoms with Crippen molar-refractivity contribution < 1.29 is 14.3 Å². The number of anilines is 1. The Hall–Kier alpha value is -3.73. The fourth-order valence-corrected chi connectivity index (χ4v) is 3.13. The van der Waals surface area contributed by atoms with Crippen molar-refractivity contribution in [3.63, 3.8) is 0 Å². The predicted molar refractivity (Wildman–Crippen MR) is 107 cm³/mol. The van der Waals surface area contributed by atoms with E-state index in [1.807, 2.05) is 66.7 Å². The fourth-order valence-electron chi connectivity index (χ4n) is 3.13. The van der Waals surface area contributed by atoms with Gasteiger partial charge in [0.2, 0.25) is 5.91 Å². The van der Waals surface area contributed by atoms with Crippen LogP contribution < -0.4 is 5.32 Å². The molecule has 3 aromatic rings. The van der Waals surface area contributed by atoms with Crippen LogP contribution in [-0.2, 0) is 9.53 Å². The van der Waals surface area contributed by atoms with E-state index in [0.29, 0.717) is 11.3 Å². The molecule has 0 radical (unpaired) electrons. The van der Waals surface area contributed by atoms with Crippen LogP contribution in [0, 0.1) is 0 Å². The second kappa shape index (κ2) is 7.88. The number of pyridine rings is 1. The Morgan fingerprint density at radius 2 is 1.89 bits per heavy atom.